The summed E-state index contributed by atoms with van der Waals surface area (Å²) in [5.74, 6) is 0.626. The van der Waals surface area contributed by atoms with Crippen LogP contribution in [0.4, 0.5) is 0 Å². The molecule has 4 heteroatoms. The molecule has 3 aliphatic rings. The Hall–Kier alpha value is -1.84. The molecule has 2 atom stereocenters. The highest BCUT2D eigenvalue weighted by Crippen LogP contribution is 2.34. The number of carbonyl (C=O) groups excluding carboxylic acids is 2. The summed E-state index contributed by atoms with van der Waals surface area (Å²) in [6, 6.07) is 8.72. The monoisotopic (exact) mass is 340 g/mol. The van der Waals surface area contributed by atoms with Gasteiger partial charge in [-0.1, -0.05) is 29.8 Å². The highest BCUT2D eigenvalue weighted by atomic mass is 16.2. The van der Waals surface area contributed by atoms with Crippen LogP contribution in [0.5, 0.6) is 0 Å². The van der Waals surface area contributed by atoms with Crippen molar-refractivity contribution in [2.45, 2.75) is 64.0 Å². The summed E-state index contributed by atoms with van der Waals surface area (Å²) >= 11 is 0. The molecule has 2 unspecified atom stereocenters. The predicted molar refractivity (Wildman–Crippen MR) is 97.1 cm³/mol. The average Bonchev–Trinajstić information content (AvgIpc) is 3.17. The van der Waals surface area contributed by atoms with Crippen molar-refractivity contribution < 1.29 is 9.59 Å². The Kier molecular flexibility index (Phi) is 4.53. The van der Waals surface area contributed by atoms with Gasteiger partial charge in [-0.15, -0.1) is 0 Å². The quantitative estimate of drug-likeness (QED) is 0.845. The van der Waals surface area contributed by atoms with Gasteiger partial charge in [-0.05, 0) is 57.4 Å². The van der Waals surface area contributed by atoms with E-state index >= 15 is 0 Å². The van der Waals surface area contributed by atoms with Crippen LogP contribution < -0.4 is 0 Å². The van der Waals surface area contributed by atoms with Crippen molar-refractivity contribution in [1.29, 1.82) is 0 Å². The van der Waals surface area contributed by atoms with E-state index in [2.05, 4.69) is 36.1 Å². The minimum Gasteiger partial charge on any atom is -0.338 e. The predicted octanol–water partition coefficient (Wildman–Crippen LogP) is 2.93. The molecular weight excluding hydrogens is 312 g/mol. The summed E-state index contributed by atoms with van der Waals surface area (Å²) < 4.78 is 0. The van der Waals surface area contributed by atoms with E-state index in [0.717, 1.165) is 58.0 Å². The third-order valence-corrected chi connectivity index (χ3v) is 6.00. The van der Waals surface area contributed by atoms with E-state index in [1.54, 1.807) is 0 Å². The van der Waals surface area contributed by atoms with E-state index < -0.39 is 0 Å². The van der Waals surface area contributed by atoms with Crippen LogP contribution in [0.15, 0.2) is 24.3 Å². The summed E-state index contributed by atoms with van der Waals surface area (Å²) in [5.41, 5.74) is 2.57. The largest absolute Gasteiger partial charge is 0.338 e. The second-order valence-corrected chi connectivity index (χ2v) is 7.98. The van der Waals surface area contributed by atoms with E-state index in [9.17, 15) is 9.59 Å². The van der Waals surface area contributed by atoms with Gasteiger partial charge in [-0.25, -0.2) is 0 Å². The number of likely N-dealkylation sites (tertiary alicyclic amines) is 2. The number of amides is 2. The number of aryl methyl sites for hydroxylation is 1. The van der Waals surface area contributed by atoms with Gasteiger partial charge in [0.25, 0.3) is 0 Å². The van der Waals surface area contributed by atoms with Gasteiger partial charge in [0.1, 0.15) is 6.04 Å². The lowest BCUT2D eigenvalue weighted by molar-refractivity contribution is -0.145. The second kappa shape index (κ2) is 6.81. The molecule has 0 N–H and O–H groups in total. The molecule has 0 radical (unpaired) electrons. The molecule has 1 saturated carbocycles. The Morgan fingerprint density at radius 2 is 1.60 bits per heavy atom. The van der Waals surface area contributed by atoms with Crippen LogP contribution >= 0.6 is 0 Å². The minimum absolute atomic E-state index is 0.195. The topological polar surface area (TPSA) is 40.6 Å². The Morgan fingerprint density at radius 3 is 2.32 bits per heavy atom. The van der Waals surface area contributed by atoms with Gasteiger partial charge in [0.05, 0.1) is 0 Å². The molecule has 0 spiro atoms. The molecule has 2 aliphatic heterocycles. The van der Waals surface area contributed by atoms with Gasteiger partial charge in [0, 0.05) is 25.0 Å². The smallest absolute Gasteiger partial charge is 0.245 e. The number of hydrogen-bond acceptors (Lipinski definition) is 2. The molecule has 1 aromatic rings. The van der Waals surface area contributed by atoms with Crippen LogP contribution in [0.3, 0.4) is 0 Å². The fourth-order valence-corrected chi connectivity index (χ4v) is 4.38. The molecule has 2 saturated heterocycles. The van der Waals surface area contributed by atoms with Crippen LogP contribution in [0.2, 0.25) is 0 Å². The maximum atomic E-state index is 13.2. The fourth-order valence-electron chi connectivity index (χ4n) is 4.38. The van der Waals surface area contributed by atoms with Crippen molar-refractivity contribution >= 4 is 11.8 Å². The molecule has 25 heavy (non-hydrogen) atoms. The SMILES string of the molecule is Cc1ccc(CC2CCCN2C(=O)C2CCCN2C(=O)C2CC2)cc1. The fraction of sp³-hybridized carbons (Fsp3) is 0.619. The highest BCUT2D eigenvalue weighted by Gasteiger charge is 2.43. The van der Waals surface area contributed by atoms with Gasteiger partial charge < -0.3 is 9.80 Å². The number of carbonyl (C=O) groups is 2. The number of benzene rings is 1. The standard InChI is InChI=1S/C21H28N2O2/c1-15-6-8-16(9-7-15)14-18-4-2-12-22(18)21(25)19-5-3-13-23(19)20(24)17-10-11-17/h6-9,17-19H,2-5,10-14H2,1H3. The molecule has 4 nitrogen and oxygen atoms in total. The third-order valence-electron chi connectivity index (χ3n) is 6.00. The molecule has 3 fully saturated rings. The molecule has 4 rings (SSSR count). The molecular formula is C21H28N2O2. The first kappa shape index (κ1) is 16.6. The Balaban J connectivity index is 1.44. The van der Waals surface area contributed by atoms with Crippen LogP contribution in [-0.2, 0) is 16.0 Å². The first-order chi connectivity index (χ1) is 12.1. The van der Waals surface area contributed by atoms with E-state index in [1.807, 2.05) is 4.90 Å². The number of hydrogen-bond donors (Lipinski definition) is 0. The average molecular weight is 340 g/mol. The number of nitrogens with zero attached hydrogens (tertiary/aromatic N) is 2. The Bertz CT molecular complexity index is 650. The van der Waals surface area contributed by atoms with Crippen LogP contribution in [0.1, 0.15) is 49.7 Å². The van der Waals surface area contributed by atoms with E-state index in [0.29, 0.717) is 0 Å². The van der Waals surface area contributed by atoms with Crippen molar-refractivity contribution in [3.05, 3.63) is 35.4 Å². The lowest BCUT2D eigenvalue weighted by atomic mass is 10.0. The first-order valence-electron chi connectivity index (χ1n) is 9.80. The second-order valence-electron chi connectivity index (χ2n) is 7.98. The molecule has 1 aromatic carbocycles. The highest BCUT2D eigenvalue weighted by molar-refractivity contribution is 5.90. The van der Waals surface area contributed by atoms with Crippen LogP contribution in [-0.4, -0.2) is 46.8 Å². The van der Waals surface area contributed by atoms with Crippen molar-refractivity contribution in [3.63, 3.8) is 0 Å². The van der Waals surface area contributed by atoms with Gasteiger partial charge in [-0.3, -0.25) is 9.59 Å². The van der Waals surface area contributed by atoms with E-state index in [-0.39, 0.29) is 29.8 Å². The van der Waals surface area contributed by atoms with Crippen molar-refractivity contribution in [2.24, 2.45) is 5.92 Å². The van der Waals surface area contributed by atoms with Gasteiger partial charge >= 0.3 is 0 Å². The van der Waals surface area contributed by atoms with Crippen molar-refractivity contribution in [3.8, 4) is 0 Å². The lowest BCUT2D eigenvalue weighted by Crippen LogP contribution is -2.50. The third kappa shape index (κ3) is 3.44. The van der Waals surface area contributed by atoms with Crippen LogP contribution in [0, 0.1) is 12.8 Å². The molecule has 0 aromatic heterocycles. The molecule has 1 aliphatic carbocycles. The van der Waals surface area contributed by atoms with Gasteiger partial charge in [-0.2, -0.15) is 0 Å². The zero-order valence-corrected chi connectivity index (χ0v) is 15.1. The number of rotatable bonds is 4. The Labute approximate surface area is 150 Å². The minimum atomic E-state index is -0.202. The van der Waals surface area contributed by atoms with Crippen molar-refractivity contribution in [1.82, 2.24) is 9.80 Å². The maximum absolute atomic E-state index is 13.2. The van der Waals surface area contributed by atoms with Crippen LogP contribution in [0.25, 0.3) is 0 Å². The molecule has 0 bridgehead atoms. The zero-order chi connectivity index (χ0) is 17.4. The van der Waals surface area contributed by atoms with E-state index in [4.69, 9.17) is 0 Å². The molecule has 2 heterocycles. The molecule has 134 valence electrons. The van der Waals surface area contributed by atoms with Gasteiger partial charge in [0.15, 0.2) is 0 Å². The summed E-state index contributed by atoms with van der Waals surface area (Å²) in [7, 11) is 0. The summed E-state index contributed by atoms with van der Waals surface area (Å²) in [4.78, 5) is 29.7. The Morgan fingerprint density at radius 1 is 0.920 bits per heavy atom. The van der Waals surface area contributed by atoms with Crippen molar-refractivity contribution in [2.75, 3.05) is 13.1 Å². The first-order valence-corrected chi connectivity index (χ1v) is 9.80. The lowest BCUT2D eigenvalue weighted by Gasteiger charge is -2.31. The summed E-state index contributed by atoms with van der Waals surface area (Å²) in [6.07, 6.45) is 6.90. The van der Waals surface area contributed by atoms with Gasteiger partial charge in [0.2, 0.25) is 11.8 Å². The zero-order valence-electron chi connectivity index (χ0n) is 15.1. The summed E-state index contributed by atoms with van der Waals surface area (Å²) in [5, 5.41) is 0. The molecule has 2 amide bonds. The summed E-state index contributed by atoms with van der Waals surface area (Å²) in [6.45, 7) is 3.71. The van der Waals surface area contributed by atoms with E-state index in [1.165, 1.54) is 11.1 Å². The normalized spacial score (nSPS) is 26.3. The maximum Gasteiger partial charge on any atom is 0.245 e.